The Morgan fingerprint density at radius 1 is 1.08 bits per heavy atom. The van der Waals surface area contributed by atoms with Crippen LogP contribution in [0.15, 0.2) is 74.0 Å². The first-order valence-electron chi connectivity index (χ1n) is 7.09. The van der Waals surface area contributed by atoms with Crippen LogP contribution in [0.25, 0.3) is 11.0 Å². The van der Waals surface area contributed by atoms with Gasteiger partial charge < -0.3 is 4.42 Å². The van der Waals surface area contributed by atoms with E-state index in [2.05, 4.69) is 9.93 Å². The van der Waals surface area contributed by atoms with E-state index in [4.69, 9.17) is 4.42 Å². The van der Waals surface area contributed by atoms with Crippen LogP contribution in [0.2, 0.25) is 0 Å². The SMILES string of the molecule is Cc1ccc(S(=O)(=O)N/N=C\c2coc3ccccc3c2=O)cc1. The molecule has 0 aliphatic heterocycles. The van der Waals surface area contributed by atoms with E-state index in [1.165, 1.54) is 18.4 Å². The van der Waals surface area contributed by atoms with E-state index >= 15 is 0 Å². The van der Waals surface area contributed by atoms with Gasteiger partial charge in [0.05, 0.1) is 22.1 Å². The Bertz CT molecular complexity index is 1070. The molecule has 0 aliphatic rings. The average molecular weight is 342 g/mol. The van der Waals surface area contributed by atoms with Crippen LogP contribution in [-0.2, 0) is 10.0 Å². The average Bonchev–Trinajstić information content (AvgIpc) is 2.57. The molecule has 0 saturated carbocycles. The second kappa shape index (κ2) is 6.29. The fourth-order valence-electron chi connectivity index (χ4n) is 2.12. The molecule has 0 unspecified atom stereocenters. The minimum Gasteiger partial charge on any atom is -0.463 e. The van der Waals surface area contributed by atoms with Crippen molar-refractivity contribution in [1.29, 1.82) is 0 Å². The van der Waals surface area contributed by atoms with Gasteiger partial charge in [0.1, 0.15) is 11.8 Å². The zero-order chi connectivity index (χ0) is 17.2. The lowest BCUT2D eigenvalue weighted by Gasteiger charge is -2.03. The topological polar surface area (TPSA) is 88.7 Å². The molecule has 0 bridgehead atoms. The quantitative estimate of drug-likeness (QED) is 0.582. The number of nitrogens with zero attached hydrogens (tertiary/aromatic N) is 1. The molecule has 7 heteroatoms. The lowest BCUT2D eigenvalue weighted by molar-refractivity contribution is 0.584. The summed E-state index contributed by atoms with van der Waals surface area (Å²) in [6.07, 6.45) is 2.37. The van der Waals surface area contributed by atoms with Gasteiger partial charge in [-0.2, -0.15) is 13.5 Å². The normalized spacial score (nSPS) is 11.9. The van der Waals surface area contributed by atoms with E-state index in [1.54, 1.807) is 36.4 Å². The highest BCUT2D eigenvalue weighted by molar-refractivity contribution is 7.89. The zero-order valence-corrected chi connectivity index (χ0v) is 13.6. The highest BCUT2D eigenvalue weighted by Crippen LogP contribution is 2.11. The minimum atomic E-state index is -3.78. The summed E-state index contributed by atoms with van der Waals surface area (Å²) in [5.41, 5.74) is 1.28. The molecule has 0 radical (unpaired) electrons. The Labute approximate surface area is 138 Å². The van der Waals surface area contributed by atoms with Crippen LogP contribution >= 0.6 is 0 Å². The number of aryl methyl sites for hydroxylation is 1. The molecule has 1 N–H and O–H groups in total. The van der Waals surface area contributed by atoms with E-state index in [9.17, 15) is 13.2 Å². The maximum atomic E-state index is 12.3. The summed E-state index contributed by atoms with van der Waals surface area (Å²) in [6.45, 7) is 1.86. The lowest BCUT2D eigenvalue weighted by atomic mass is 10.2. The van der Waals surface area contributed by atoms with Crippen molar-refractivity contribution in [2.24, 2.45) is 5.10 Å². The van der Waals surface area contributed by atoms with Crippen LogP contribution in [0.4, 0.5) is 0 Å². The molecule has 122 valence electrons. The minimum absolute atomic E-state index is 0.0933. The molecule has 3 aromatic rings. The first kappa shape index (κ1) is 15.9. The van der Waals surface area contributed by atoms with E-state index in [0.717, 1.165) is 11.8 Å². The standard InChI is InChI=1S/C17H14N2O4S/c1-12-6-8-14(9-7-12)24(21,22)19-18-10-13-11-23-16-5-3-2-4-15(16)17(13)20/h2-11,19H,1H3/b18-10-. The third kappa shape index (κ3) is 3.21. The fourth-order valence-corrected chi connectivity index (χ4v) is 2.91. The van der Waals surface area contributed by atoms with Gasteiger partial charge in [-0.1, -0.05) is 29.8 Å². The monoisotopic (exact) mass is 342 g/mol. The van der Waals surface area contributed by atoms with Gasteiger partial charge in [-0.25, -0.2) is 4.83 Å². The van der Waals surface area contributed by atoms with Crippen LogP contribution in [-0.4, -0.2) is 14.6 Å². The van der Waals surface area contributed by atoms with Crippen LogP contribution < -0.4 is 10.3 Å². The second-order valence-electron chi connectivity index (χ2n) is 5.18. The molecule has 1 heterocycles. The third-order valence-corrected chi connectivity index (χ3v) is 4.65. The summed E-state index contributed by atoms with van der Waals surface area (Å²) in [4.78, 5) is 14.4. The highest BCUT2D eigenvalue weighted by atomic mass is 32.2. The van der Waals surface area contributed by atoms with Gasteiger partial charge in [-0.05, 0) is 31.2 Å². The van der Waals surface area contributed by atoms with Gasteiger partial charge in [0.25, 0.3) is 10.0 Å². The van der Waals surface area contributed by atoms with Crippen LogP contribution in [0, 0.1) is 6.92 Å². The number of nitrogens with one attached hydrogen (secondary N) is 1. The van der Waals surface area contributed by atoms with E-state index in [1.807, 2.05) is 6.92 Å². The van der Waals surface area contributed by atoms with Gasteiger partial charge in [-0.15, -0.1) is 0 Å². The predicted octanol–water partition coefficient (Wildman–Crippen LogP) is 2.41. The second-order valence-corrected chi connectivity index (χ2v) is 6.84. The maximum absolute atomic E-state index is 12.3. The Morgan fingerprint density at radius 2 is 1.79 bits per heavy atom. The molecule has 0 atom stereocenters. The number of fused-ring (bicyclic) bond motifs is 1. The predicted molar refractivity (Wildman–Crippen MR) is 91.6 cm³/mol. The number of benzene rings is 2. The summed E-state index contributed by atoms with van der Waals surface area (Å²) in [5.74, 6) is 0. The molecular formula is C17H14N2O4S. The van der Waals surface area contributed by atoms with Gasteiger partial charge in [0.2, 0.25) is 5.43 Å². The molecule has 6 nitrogen and oxygen atoms in total. The molecular weight excluding hydrogens is 328 g/mol. The molecule has 0 fully saturated rings. The van der Waals surface area contributed by atoms with E-state index < -0.39 is 10.0 Å². The number of para-hydroxylation sites is 1. The molecule has 0 saturated heterocycles. The molecule has 0 spiro atoms. The van der Waals surface area contributed by atoms with Crippen molar-refractivity contribution < 1.29 is 12.8 Å². The highest BCUT2D eigenvalue weighted by Gasteiger charge is 2.12. The Morgan fingerprint density at radius 3 is 2.54 bits per heavy atom. The Kier molecular flexibility index (Phi) is 4.18. The summed E-state index contributed by atoms with van der Waals surface area (Å²) < 4.78 is 29.5. The van der Waals surface area contributed by atoms with Gasteiger partial charge in [0, 0.05) is 0 Å². The van der Waals surface area contributed by atoms with Crippen LogP contribution in [0.5, 0.6) is 0 Å². The Hall–Kier alpha value is -2.93. The zero-order valence-electron chi connectivity index (χ0n) is 12.8. The smallest absolute Gasteiger partial charge is 0.276 e. The van der Waals surface area contributed by atoms with Crippen molar-refractivity contribution in [1.82, 2.24) is 4.83 Å². The van der Waals surface area contributed by atoms with E-state index in [-0.39, 0.29) is 15.9 Å². The fraction of sp³-hybridized carbons (Fsp3) is 0.0588. The summed E-state index contributed by atoms with van der Waals surface area (Å²) >= 11 is 0. The summed E-state index contributed by atoms with van der Waals surface area (Å²) in [5, 5.41) is 4.06. The lowest BCUT2D eigenvalue weighted by Crippen LogP contribution is -2.19. The largest absolute Gasteiger partial charge is 0.463 e. The summed E-state index contributed by atoms with van der Waals surface area (Å²) in [7, 11) is -3.78. The van der Waals surface area contributed by atoms with Crippen molar-refractivity contribution >= 4 is 27.2 Å². The maximum Gasteiger partial charge on any atom is 0.276 e. The number of rotatable bonds is 4. The first-order chi connectivity index (χ1) is 11.5. The number of sulfonamides is 1. The van der Waals surface area contributed by atoms with Crippen LogP contribution in [0.1, 0.15) is 11.1 Å². The van der Waals surface area contributed by atoms with Crippen molar-refractivity contribution in [3.05, 3.63) is 76.1 Å². The van der Waals surface area contributed by atoms with Gasteiger partial charge in [-0.3, -0.25) is 4.79 Å². The molecule has 0 amide bonds. The number of hydrazone groups is 1. The molecule has 0 aliphatic carbocycles. The number of hydrogen-bond acceptors (Lipinski definition) is 5. The molecule has 2 aromatic carbocycles. The van der Waals surface area contributed by atoms with Crippen molar-refractivity contribution in [3.8, 4) is 0 Å². The van der Waals surface area contributed by atoms with Crippen molar-refractivity contribution in [2.45, 2.75) is 11.8 Å². The van der Waals surface area contributed by atoms with Crippen molar-refractivity contribution in [2.75, 3.05) is 0 Å². The van der Waals surface area contributed by atoms with E-state index in [0.29, 0.717) is 11.0 Å². The van der Waals surface area contributed by atoms with Crippen molar-refractivity contribution in [3.63, 3.8) is 0 Å². The molecule has 3 rings (SSSR count). The Balaban J connectivity index is 1.85. The molecule has 1 aromatic heterocycles. The van der Waals surface area contributed by atoms with Crippen LogP contribution in [0.3, 0.4) is 0 Å². The number of hydrogen-bond donors (Lipinski definition) is 1. The van der Waals surface area contributed by atoms with Gasteiger partial charge >= 0.3 is 0 Å². The molecule has 24 heavy (non-hydrogen) atoms. The summed E-state index contributed by atoms with van der Waals surface area (Å²) in [6, 6.07) is 13.1. The third-order valence-electron chi connectivity index (χ3n) is 3.41. The van der Waals surface area contributed by atoms with Gasteiger partial charge in [0.15, 0.2) is 0 Å². The first-order valence-corrected chi connectivity index (χ1v) is 8.58.